The quantitative estimate of drug-likeness (QED) is 0.546. The third-order valence-electron chi connectivity index (χ3n) is 5.17. The van der Waals surface area contributed by atoms with Crippen LogP contribution in [0.15, 0.2) is 12.3 Å². The van der Waals surface area contributed by atoms with Gasteiger partial charge in [0.15, 0.2) is 16.9 Å². The number of carbonyl (C=O) groups is 1. The van der Waals surface area contributed by atoms with Crippen LogP contribution in [-0.2, 0) is 48.8 Å². The predicted octanol–water partition coefficient (Wildman–Crippen LogP) is 2.40. The normalized spacial score (nSPS) is 18.2. The Morgan fingerprint density at radius 2 is 2.19 bits per heavy atom. The van der Waals surface area contributed by atoms with E-state index in [2.05, 4.69) is 11.1 Å². The van der Waals surface area contributed by atoms with Crippen molar-refractivity contribution in [1.29, 1.82) is 0 Å². The molecule has 0 aliphatic heterocycles. The largest absolute Gasteiger partial charge is 0.359 e. The monoisotopic (exact) mass is 383 g/mol. The van der Waals surface area contributed by atoms with Crippen LogP contribution >= 0.6 is 0 Å². The molecule has 1 heterocycles. The number of carbonyl (C=O) groups excluding carboxylic acids is 1. The number of nitrogens with zero attached hydrogens (tertiary/aromatic N) is 1. The predicted molar refractivity (Wildman–Crippen MR) is 100 cm³/mol. The van der Waals surface area contributed by atoms with Crippen molar-refractivity contribution < 1.29 is 22.7 Å². The third kappa shape index (κ3) is 4.97. The first-order valence-electron chi connectivity index (χ1n) is 8.97. The minimum absolute atomic E-state index is 0.0273. The number of aryl methyl sites for hydroxylation is 1. The van der Waals surface area contributed by atoms with Gasteiger partial charge in [-0.15, -0.1) is 0 Å². The fourth-order valence-electron chi connectivity index (χ4n) is 3.66. The molecule has 2 rings (SSSR count). The average Bonchev–Trinajstić information content (AvgIpc) is 3.07. The van der Waals surface area contributed by atoms with Gasteiger partial charge < -0.3 is 9.47 Å². The van der Waals surface area contributed by atoms with Gasteiger partial charge in [-0.2, -0.15) is 0 Å². The first kappa shape index (κ1) is 21.2. The second-order valence-corrected chi connectivity index (χ2v) is 7.87. The smallest absolute Gasteiger partial charge is 0.162 e. The molecule has 6 nitrogen and oxygen atoms in total. The SMILES string of the molecule is COCOC(Cc1nccc2c1CCC2)(C(C)=O)C(C)CCOS(C)=O. The second-order valence-electron chi connectivity index (χ2n) is 6.84. The van der Waals surface area contributed by atoms with Gasteiger partial charge in [0.25, 0.3) is 0 Å². The standard InChI is InChI=1S/C19H29NO5S/c1-14(9-11-25-26(4)22)19(15(2)21,24-13-23-3)12-18-17-7-5-6-16(17)8-10-20-18/h8,10,14H,5-7,9,11-13H2,1-4H3. The van der Waals surface area contributed by atoms with E-state index in [1.807, 2.05) is 13.1 Å². The van der Waals surface area contributed by atoms with E-state index < -0.39 is 16.7 Å². The molecule has 1 aromatic heterocycles. The number of pyridine rings is 1. The van der Waals surface area contributed by atoms with E-state index in [-0.39, 0.29) is 18.5 Å². The highest BCUT2D eigenvalue weighted by atomic mass is 32.2. The van der Waals surface area contributed by atoms with Gasteiger partial charge in [-0.05, 0) is 55.7 Å². The third-order valence-corrected chi connectivity index (χ3v) is 5.67. The number of aromatic nitrogens is 1. The molecular formula is C19H29NO5S. The highest BCUT2D eigenvalue weighted by Crippen LogP contribution is 2.33. The molecule has 3 unspecified atom stereocenters. The Morgan fingerprint density at radius 3 is 2.85 bits per heavy atom. The van der Waals surface area contributed by atoms with Crippen molar-refractivity contribution in [2.45, 2.75) is 51.6 Å². The van der Waals surface area contributed by atoms with E-state index in [1.54, 1.807) is 6.92 Å². The van der Waals surface area contributed by atoms with Crippen molar-refractivity contribution in [3.8, 4) is 0 Å². The van der Waals surface area contributed by atoms with Crippen molar-refractivity contribution in [3.63, 3.8) is 0 Å². The fraction of sp³-hybridized carbons (Fsp3) is 0.684. The number of ketones is 1. The van der Waals surface area contributed by atoms with Gasteiger partial charge >= 0.3 is 0 Å². The lowest BCUT2D eigenvalue weighted by atomic mass is 9.78. The Kier molecular flexibility index (Phi) is 7.88. The van der Waals surface area contributed by atoms with Crippen molar-refractivity contribution in [2.75, 3.05) is 26.8 Å². The number of Topliss-reactive ketones (excluding diaryl/α,β-unsaturated/α-hetero) is 1. The molecule has 146 valence electrons. The molecule has 0 saturated carbocycles. The lowest BCUT2D eigenvalue weighted by Gasteiger charge is -2.37. The molecule has 1 aliphatic carbocycles. The van der Waals surface area contributed by atoms with Crippen LogP contribution in [0.2, 0.25) is 0 Å². The molecule has 0 amide bonds. The van der Waals surface area contributed by atoms with Gasteiger partial charge in [0, 0.05) is 31.7 Å². The van der Waals surface area contributed by atoms with Crippen LogP contribution in [0.4, 0.5) is 0 Å². The summed E-state index contributed by atoms with van der Waals surface area (Å²) < 4.78 is 27.4. The highest BCUT2D eigenvalue weighted by molar-refractivity contribution is 7.79. The van der Waals surface area contributed by atoms with Crippen molar-refractivity contribution in [1.82, 2.24) is 4.98 Å². The lowest BCUT2D eigenvalue weighted by molar-refractivity contribution is -0.174. The molecule has 0 radical (unpaired) electrons. The molecule has 1 aromatic rings. The number of hydrogen-bond donors (Lipinski definition) is 0. The number of methoxy groups -OCH3 is 1. The molecule has 3 atom stereocenters. The Morgan fingerprint density at radius 1 is 1.42 bits per heavy atom. The maximum absolute atomic E-state index is 12.7. The summed E-state index contributed by atoms with van der Waals surface area (Å²) in [6.07, 6.45) is 7.43. The minimum Gasteiger partial charge on any atom is -0.359 e. The summed E-state index contributed by atoms with van der Waals surface area (Å²) >= 11 is -1.33. The van der Waals surface area contributed by atoms with Crippen LogP contribution in [0.3, 0.4) is 0 Å². The second kappa shape index (κ2) is 9.69. The first-order valence-corrected chi connectivity index (χ1v) is 10.4. The Balaban J connectivity index is 2.28. The molecular weight excluding hydrogens is 354 g/mol. The Labute approximate surface area is 158 Å². The minimum atomic E-state index is -1.33. The van der Waals surface area contributed by atoms with Crippen molar-refractivity contribution in [2.24, 2.45) is 5.92 Å². The molecule has 0 N–H and O–H groups in total. The van der Waals surface area contributed by atoms with Gasteiger partial charge in [-0.1, -0.05) is 6.92 Å². The number of ether oxygens (including phenoxy) is 2. The van der Waals surface area contributed by atoms with Gasteiger partial charge in [0.2, 0.25) is 0 Å². The molecule has 0 bridgehead atoms. The summed E-state index contributed by atoms with van der Waals surface area (Å²) in [7, 11) is 1.54. The van der Waals surface area contributed by atoms with E-state index in [1.165, 1.54) is 24.5 Å². The maximum Gasteiger partial charge on any atom is 0.162 e. The van der Waals surface area contributed by atoms with Crippen LogP contribution in [-0.4, -0.2) is 47.3 Å². The zero-order chi connectivity index (χ0) is 19.2. The van der Waals surface area contributed by atoms with E-state index in [0.29, 0.717) is 19.4 Å². The number of rotatable bonds is 11. The summed E-state index contributed by atoms with van der Waals surface area (Å²) in [5.74, 6) is -0.199. The van der Waals surface area contributed by atoms with Gasteiger partial charge in [-0.25, -0.2) is 4.21 Å². The Hall–Kier alpha value is -1.15. The number of fused-ring (bicyclic) bond motifs is 1. The first-order chi connectivity index (χ1) is 12.4. The summed E-state index contributed by atoms with van der Waals surface area (Å²) in [5.41, 5.74) is 2.45. The summed E-state index contributed by atoms with van der Waals surface area (Å²) in [6, 6.07) is 2.06. The number of hydrogen-bond acceptors (Lipinski definition) is 6. The molecule has 0 spiro atoms. The molecule has 0 fully saturated rings. The zero-order valence-corrected chi connectivity index (χ0v) is 16.9. The molecule has 0 saturated heterocycles. The van der Waals surface area contributed by atoms with Crippen LogP contribution in [0.5, 0.6) is 0 Å². The Bertz CT molecular complexity index is 651. The lowest BCUT2D eigenvalue weighted by Crippen LogP contribution is -2.49. The van der Waals surface area contributed by atoms with Crippen LogP contribution in [0.25, 0.3) is 0 Å². The van der Waals surface area contributed by atoms with E-state index in [9.17, 15) is 9.00 Å². The average molecular weight is 384 g/mol. The van der Waals surface area contributed by atoms with Gasteiger partial charge in [-0.3, -0.25) is 14.0 Å². The molecule has 26 heavy (non-hydrogen) atoms. The summed E-state index contributed by atoms with van der Waals surface area (Å²) in [5, 5.41) is 0. The van der Waals surface area contributed by atoms with E-state index in [0.717, 1.165) is 25.0 Å². The molecule has 0 aromatic carbocycles. The van der Waals surface area contributed by atoms with E-state index >= 15 is 0 Å². The van der Waals surface area contributed by atoms with E-state index in [4.69, 9.17) is 13.7 Å². The zero-order valence-electron chi connectivity index (χ0n) is 16.1. The summed E-state index contributed by atoms with van der Waals surface area (Å²) in [6.45, 7) is 3.84. The van der Waals surface area contributed by atoms with Crippen molar-refractivity contribution >= 4 is 16.9 Å². The summed E-state index contributed by atoms with van der Waals surface area (Å²) in [4.78, 5) is 17.3. The maximum atomic E-state index is 12.7. The van der Waals surface area contributed by atoms with Gasteiger partial charge in [0.1, 0.15) is 12.4 Å². The topological polar surface area (TPSA) is 74.7 Å². The fourth-order valence-corrected chi connectivity index (χ4v) is 3.99. The molecule has 1 aliphatic rings. The van der Waals surface area contributed by atoms with Crippen LogP contribution < -0.4 is 0 Å². The van der Waals surface area contributed by atoms with Crippen LogP contribution in [0.1, 0.15) is 43.5 Å². The van der Waals surface area contributed by atoms with Gasteiger partial charge in [0.05, 0.1) is 6.61 Å². The van der Waals surface area contributed by atoms with Crippen LogP contribution in [0, 0.1) is 5.92 Å². The molecule has 7 heteroatoms. The van der Waals surface area contributed by atoms with Crippen molar-refractivity contribution in [3.05, 3.63) is 29.1 Å². The highest BCUT2D eigenvalue weighted by Gasteiger charge is 2.43.